The van der Waals surface area contributed by atoms with Crippen molar-refractivity contribution in [1.82, 2.24) is 14.9 Å². The molecule has 1 aromatic carbocycles. The van der Waals surface area contributed by atoms with Crippen LogP contribution in [0.1, 0.15) is 36.1 Å². The third-order valence-corrected chi connectivity index (χ3v) is 7.37. The average molecular weight is 423 g/mol. The summed E-state index contributed by atoms with van der Waals surface area (Å²) in [5.41, 5.74) is 0.954. The van der Waals surface area contributed by atoms with Crippen LogP contribution < -0.4 is 10.6 Å². The second-order valence-electron chi connectivity index (χ2n) is 6.82. The van der Waals surface area contributed by atoms with Crippen LogP contribution in [0.4, 0.5) is 0 Å². The van der Waals surface area contributed by atoms with Gasteiger partial charge in [-0.05, 0) is 57.5 Å². The number of aryl methyl sites for hydroxylation is 1. The molecular weight excluding hydrogens is 392 g/mol. The summed E-state index contributed by atoms with van der Waals surface area (Å²) in [4.78, 5) is 7.45. The summed E-state index contributed by atoms with van der Waals surface area (Å²) in [5.74, 6) is 0.741. The molecule has 0 amide bonds. The quantitative estimate of drug-likeness (QED) is 0.505. The number of guanidine groups is 1. The fourth-order valence-electron chi connectivity index (χ4n) is 2.47. The van der Waals surface area contributed by atoms with Crippen LogP contribution in [0.25, 0.3) is 0 Å². The van der Waals surface area contributed by atoms with Crippen LogP contribution >= 0.6 is 11.3 Å². The summed E-state index contributed by atoms with van der Waals surface area (Å²) < 4.78 is 26.4. The number of nitrogens with zero attached hydrogens (tertiary/aromatic N) is 2. The summed E-state index contributed by atoms with van der Waals surface area (Å²) in [6.45, 7) is 9.80. The minimum Gasteiger partial charge on any atom is -0.357 e. The van der Waals surface area contributed by atoms with Crippen molar-refractivity contribution in [1.29, 1.82) is 0 Å². The predicted molar refractivity (Wildman–Crippen MR) is 117 cm³/mol. The van der Waals surface area contributed by atoms with E-state index in [0.29, 0.717) is 11.4 Å². The van der Waals surface area contributed by atoms with E-state index in [1.54, 1.807) is 30.5 Å². The van der Waals surface area contributed by atoms with E-state index in [4.69, 9.17) is 0 Å². The van der Waals surface area contributed by atoms with Crippen molar-refractivity contribution in [3.8, 4) is 0 Å². The van der Waals surface area contributed by atoms with Gasteiger partial charge in [-0.2, -0.15) is 4.31 Å². The van der Waals surface area contributed by atoms with Crippen LogP contribution in [0.2, 0.25) is 0 Å². The molecular formula is C20H30N4O2S2. The van der Waals surface area contributed by atoms with Gasteiger partial charge in [0, 0.05) is 29.4 Å². The van der Waals surface area contributed by atoms with E-state index in [2.05, 4.69) is 34.7 Å². The molecule has 0 fully saturated rings. The summed E-state index contributed by atoms with van der Waals surface area (Å²) in [6, 6.07) is 11.1. The Morgan fingerprint density at radius 3 is 2.36 bits per heavy atom. The van der Waals surface area contributed by atoms with Gasteiger partial charge in [-0.25, -0.2) is 13.4 Å². The molecule has 6 nitrogen and oxygen atoms in total. The van der Waals surface area contributed by atoms with Crippen LogP contribution in [-0.4, -0.2) is 38.3 Å². The highest BCUT2D eigenvalue weighted by atomic mass is 32.2. The summed E-state index contributed by atoms with van der Waals surface area (Å²) >= 11 is 1.76. The minimum absolute atomic E-state index is 0.0878. The number of aliphatic imine (C=N–C) groups is 1. The highest BCUT2D eigenvalue weighted by molar-refractivity contribution is 7.89. The van der Waals surface area contributed by atoms with Crippen molar-refractivity contribution in [3.05, 3.63) is 51.7 Å². The van der Waals surface area contributed by atoms with Crippen molar-refractivity contribution in [2.45, 2.75) is 51.7 Å². The van der Waals surface area contributed by atoms with E-state index in [1.807, 2.05) is 32.9 Å². The summed E-state index contributed by atoms with van der Waals surface area (Å²) in [7, 11) is -1.86. The number of rotatable bonds is 8. The largest absolute Gasteiger partial charge is 0.357 e. The monoisotopic (exact) mass is 422 g/mol. The molecule has 0 aliphatic rings. The van der Waals surface area contributed by atoms with Crippen molar-refractivity contribution in [2.24, 2.45) is 4.99 Å². The topological polar surface area (TPSA) is 73.8 Å². The van der Waals surface area contributed by atoms with Gasteiger partial charge < -0.3 is 10.6 Å². The Labute approximate surface area is 172 Å². The third kappa shape index (κ3) is 6.05. The van der Waals surface area contributed by atoms with Crippen molar-refractivity contribution in [3.63, 3.8) is 0 Å². The molecule has 0 unspecified atom stereocenters. The zero-order valence-electron chi connectivity index (χ0n) is 17.2. The Bertz CT molecular complexity index is 887. The third-order valence-electron chi connectivity index (χ3n) is 4.32. The zero-order chi connectivity index (χ0) is 20.7. The number of sulfonamides is 1. The Balaban J connectivity index is 2.04. The van der Waals surface area contributed by atoms with Gasteiger partial charge >= 0.3 is 0 Å². The lowest BCUT2D eigenvalue weighted by Gasteiger charge is -2.21. The molecule has 0 spiro atoms. The van der Waals surface area contributed by atoms with Crippen LogP contribution in [0.5, 0.6) is 0 Å². The number of hydrogen-bond acceptors (Lipinski definition) is 4. The lowest BCUT2D eigenvalue weighted by atomic mass is 10.2. The van der Waals surface area contributed by atoms with E-state index < -0.39 is 10.0 Å². The molecule has 2 rings (SSSR count). The van der Waals surface area contributed by atoms with Gasteiger partial charge in [-0.15, -0.1) is 11.3 Å². The first-order chi connectivity index (χ1) is 13.2. The van der Waals surface area contributed by atoms with Crippen LogP contribution in [0, 0.1) is 6.92 Å². The molecule has 28 heavy (non-hydrogen) atoms. The molecule has 2 aromatic rings. The van der Waals surface area contributed by atoms with Gasteiger partial charge in [0.05, 0.1) is 18.0 Å². The van der Waals surface area contributed by atoms with E-state index in [-0.39, 0.29) is 6.04 Å². The number of hydrogen-bond donors (Lipinski definition) is 2. The first-order valence-corrected chi connectivity index (χ1v) is 11.6. The second kappa shape index (κ2) is 10.0. The molecule has 0 bridgehead atoms. The fraction of sp³-hybridized carbons (Fsp3) is 0.450. The molecule has 154 valence electrons. The second-order valence-corrected chi connectivity index (χ2v) is 10.2. The van der Waals surface area contributed by atoms with Gasteiger partial charge in [-0.3, -0.25) is 0 Å². The maximum atomic E-state index is 12.5. The normalized spacial score (nSPS) is 12.6. The lowest BCUT2D eigenvalue weighted by Crippen LogP contribution is -2.36. The van der Waals surface area contributed by atoms with Gasteiger partial charge in [-0.1, -0.05) is 12.1 Å². The Morgan fingerprint density at radius 1 is 1.14 bits per heavy atom. The maximum absolute atomic E-state index is 12.5. The van der Waals surface area contributed by atoms with Gasteiger partial charge in [0.25, 0.3) is 0 Å². The maximum Gasteiger partial charge on any atom is 0.243 e. The predicted octanol–water partition coefficient (Wildman–Crippen LogP) is 3.34. The summed E-state index contributed by atoms with van der Waals surface area (Å²) in [6.07, 6.45) is 0. The molecule has 1 heterocycles. The molecule has 0 aliphatic heterocycles. The molecule has 1 aromatic heterocycles. The van der Waals surface area contributed by atoms with Crippen LogP contribution in [0.15, 0.2) is 46.3 Å². The molecule has 8 heteroatoms. The Hall–Kier alpha value is -1.90. The number of benzene rings is 1. The molecule has 2 N–H and O–H groups in total. The standard InChI is InChI=1S/C20H30N4O2S2/c1-6-21-20(23-14-18-10-7-16(4)27-18)22-13-17-8-11-19(12-9-17)28(25,26)24(5)15(2)3/h7-12,15H,6,13-14H2,1-5H3,(H2,21,22,23). The number of thiophene rings is 1. The highest BCUT2D eigenvalue weighted by Crippen LogP contribution is 2.17. The van der Waals surface area contributed by atoms with Crippen molar-refractivity contribution in [2.75, 3.05) is 13.6 Å². The molecule has 0 aliphatic carbocycles. The smallest absolute Gasteiger partial charge is 0.243 e. The molecule has 0 atom stereocenters. The first-order valence-electron chi connectivity index (χ1n) is 9.38. The Kier molecular flexibility index (Phi) is 8.03. The van der Waals surface area contributed by atoms with E-state index in [0.717, 1.165) is 24.6 Å². The van der Waals surface area contributed by atoms with Crippen molar-refractivity contribution >= 4 is 27.3 Å². The number of nitrogens with one attached hydrogen (secondary N) is 2. The lowest BCUT2D eigenvalue weighted by molar-refractivity contribution is 0.410. The van der Waals surface area contributed by atoms with Crippen LogP contribution in [-0.2, 0) is 23.1 Å². The average Bonchev–Trinajstić information content (AvgIpc) is 3.08. The minimum atomic E-state index is -3.46. The Morgan fingerprint density at radius 2 is 1.82 bits per heavy atom. The van der Waals surface area contributed by atoms with Gasteiger partial charge in [0.2, 0.25) is 10.0 Å². The SMILES string of the molecule is CCNC(=NCc1ccc(S(=O)(=O)N(C)C(C)C)cc1)NCc1ccc(C)s1. The van der Waals surface area contributed by atoms with Gasteiger partial charge in [0.1, 0.15) is 0 Å². The van der Waals surface area contributed by atoms with E-state index >= 15 is 0 Å². The van der Waals surface area contributed by atoms with Gasteiger partial charge in [0.15, 0.2) is 5.96 Å². The first kappa shape index (κ1) is 22.4. The van der Waals surface area contributed by atoms with E-state index in [1.165, 1.54) is 14.1 Å². The zero-order valence-corrected chi connectivity index (χ0v) is 18.8. The molecule has 0 saturated carbocycles. The van der Waals surface area contributed by atoms with Crippen molar-refractivity contribution < 1.29 is 8.42 Å². The fourth-order valence-corrected chi connectivity index (χ4v) is 4.67. The van der Waals surface area contributed by atoms with E-state index in [9.17, 15) is 8.42 Å². The summed E-state index contributed by atoms with van der Waals surface area (Å²) in [5, 5.41) is 6.56. The molecule has 0 radical (unpaired) electrons. The van der Waals surface area contributed by atoms with Crippen LogP contribution in [0.3, 0.4) is 0 Å². The molecule has 0 saturated heterocycles. The highest BCUT2D eigenvalue weighted by Gasteiger charge is 2.22.